The molecule has 1 N–H and O–H groups in total. The van der Waals surface area contributed by atoms with Crippen molar-refractivity contribution in [3.05, 3.63) is 35.9 Å². The van der Waals surface area contributed by atoms with E-state index in [1.807, 2.05) is 12.1 Å². The molecule has 0 saturated carbocycles. The highest BCUT2D eigenvalue weighted by Crippen LogP contribution is 2.46. The number of hydrogen-bond donors (Lipinski definition) is 1. The number of anilines is 1. The van der Waals surface area contributed by atoms with E-state index in [9.17, 15) is 28.8 Å². The van der Waals surface area contributed by atoms with Crippen LogP contribution < -0.4 is 9.64 Å². The van der Waals surface area contributed by atoms with Crippen LogP contribution in [0.25, 0.3) is 10.8 Å². The molecule has 1 saturated heterocycles. The largest absolute Gasteiger partial charge is 0.481 e. The summed E-state index contributed by atoms with van der Waals surface area (Å²) < 4.78 is 34.2. The number of benzene rings is 2. The predicted molar refractivity (Wildman–Crippen MR) is 164 cm³/mol. The molecule has 2 aromatic carbocycles. The first-order valence-corrected chi connectivity index (χ1v) is 15.4. The second-order valence-corrected chi connectivity index (χ2v) is 11.5. The lowest BCUT2D eigenvalue weighted by Gasteiger charge is -2.44. The minimum Gasteiger partial charge on any atom is -0.481 e. The van der Waals surface area contributed by atoms with Gasteiger partial charge in [0, 0.05) is 70.3 Å². The summed E-state index contributed by atoms with van der Waals surface area (Å²) in [5.74, 6) is -4.15. The van der Waals surface area contributed by atoms with Gasteiger partial charge in [-0.1, -0.05) is 24.3 Å². The summed E-state index contributed by atoms with van der Waals surface area (Å²) in [5, 5.41) is 10.4. The van der Waals surface area contributed by atoms with E-state index < -0.39 is 67.2 Å². The third-order valence-corrected chi connectivity index (χ3v) is 7.96. The Bertz CT molecular complexity index is 1540. The van der Waals surface area contributed by atoms with Gasteiger partial charge in [-0.15, -0.1) is 11.6 Å². The molecule has 2 aliphatic heterocycles. The molecule has 2 aromatic rings. The summed E-state index contributed by atoms with van der Waals surface area (Å²) in [6.45, 7) is 4.36. The summed E-state index contributed by atoms with van der Waals surface area (Å²) >= 11 is 6.36. The smallest absolute Gasteiger partial charge is 0.303 e. The quantitative estimate of drug-likeness (QED) is 0.197. The average molecular weight is 678 g/mol. The van der Waals surface area contributed by atoms with Gasteiger partial charge in [-0.25, -0.2) is 0 Å². The number of carbonyl (C=O) groups excluding carboxylic acids is 5. The third kappa shape index (κ3) is 8.49. The molecule has 0 spiro atoms. The van der Waals surface area contributed by atoms with E-state index in [0.29, 0.717) is 11.1 Å². The van der Waals surface area contributed by atoms with Crippen LogP contribution in [0.3, 0.4) is 0 Å². The number of fused-ring (bicyclic) bond motifs is 3. The molecule has 254 valence electrons. The summed E-state index contributed by atoms with van der Waals surface area (Å²) in [7, 11) is 0. The number of carbonyl (C=O) groups is 6. The Labute approximate surface area is 275 Å². The molecule has 14 nitrogen and oxygen atoms in total. The molecule has 6 atom stereocenters. The topological polar surface area (TPSA) is 181 Å². The summed E-state index contributed by atoms with van der Waals surface area (Å²) in [6, 6.07) is 8.82. The van der Waals surface area contributed by atoms with Crippen molar-refractivity contribution in [2.24, 2.45) is 0 Å². The maximum absolute atomic E-state index is 13.3. The van der Waals surface area contributed by atoms with Crippen LogP contribution in [0.2, 0.25) is 0 Å². The highest BCUT2D eigenvalue weighted by atomic mass is 35.5. The van der Waals surface area contributed by atoms with Gasteiger partial charge in [-0.3, -0.25) is 28.8 Å². The molecule has 0 aliphatic carbocycles. The zero-order chi connectivity index (χ0) is 34.4. The molecule has 15 heteroatoms. The van der Waals surface area contributed by atoms with Gasteiger partial charge in [0.2, 0.25) is 18.3 Å². The number of nitrogens with zero attached hydrogens (tertiary/aromatic N) is 1. The molecule has 0 aromatic heterocycles. The first kappa shape index (κ1) is 35.4. The zero-order valence-corrected chi connectivity index (χ0v) is 27.0. The van der Waals surface area contributed by atoms with Crippen LogP contribution >= 0.6 is 11.6 Å². The predicted octanol–water partition coefficient (Wildman–Crippen LogP) is 3.23. The summed E-state index contributed by atoms with van der Waals surface area (Å²) in [6.07, 6.45) is -7.02. The van der Waals surface area contributed by atoms with Crippen LogP contribution in [-0.4, -0.2) is 90.6 Å². The van der Waals surface area contributed by atoms with Crippen LogP contribution in [0.5, 0.6) is 5.75 Å². The molecule has 0 radical (unpaired) electrons. The van der Waals surface area contributed by atoms with E-state index in [-0.39, 0.29) is 49.3 Å². The molecule has 1 amide bonds. The molecule has 4 rings (SSSR count). The highest BCUT2D eigenvalue weighted by Gasteiger charge is 2.53. The van der Waals surface area contributed by atoms with Crippen molar-refractivity contribution >= 4 is 63.8 Å². The minimum atomic E-state index is -1.50. The van der Waals surface area contributed by atoms with E-state index in [2.05, 4.69) is 0 Å². The Kier molecular flexibility index (Phi) is 11.6. The highest BCUT2D eigenvalue weighted by molar-refractivity contribution is 6.19. The molecule has 1 fully saturated rings. The van der Waals surface area contributed by atoms with Gasteiger partial charge >= 0.3 is 29.8 Å². The number of halogens is 1. The van der Waals surface area contributed by atoms with Crippen molar-refractivity contribution in [1.82, 2.24) is 0 Å². The normalized spacial score (nSPS) is 23.4. The van der Waals surface area contributed by atoms with Gasteiger partial charge in [-0.05, 0) is 17.4 Å². The molecule has 0 bridgehead atoms. The van der Waals surface area contributed by atoms with Crippen molar-refractivity contribution in [2.45, 2.75) is 83.6 Å². The van der Waals surface area contributed by atoms with Gasteiger partial charge in [0.25, 0.3) is 0 Å². The summed E-state index contributed by atoms with van der Waals surface area (Å²) in [5.41, 5.74) is 1.30. The van der Waals surface area contributed by atoms with Gasteiger partial charge in [0.15, 0.2) is 12.2 Å². The van der Waals surface area contributed by atoms with E-state index >= 15 is 0 Å². The fourth-order valence-electron chi connectivity index (χ4n) is 5.81. The van der Waals surface area contributed by atoms with E-state index in [4.69, 9.17) is 45.1 Å². The number of hydrogen-bond acceptors (Lipinski definition) is 12. The molecule has 47 heavy (non-hydrogen) atoms. The van der Waals surface area contributed by atoms with Gasteiger partial charge < -0.3 is 38.4 Å². The van der Waals surface area contributed by atoms with Crippen LogP contribution in [0.1, 0.15) is 58.4 Å². The monoisotopic (exact) mass is 677 g/mol. The number of amides is 1. The second kappa shape index (κ2) is 15.4. The fraction of sp³-hybridized carbons (Fsp3) is 0.500. The maximum Gasteiger partial charge on any atom is 0.303 e. The number of carboxylic acids is 1. The van der Waals surface area contributed by atoms with Crippen molar-refractivity contribution in [3.8, 4) is 5.75 Å². The van der Waals surface area contributed by atoms with Crippen molar-refractivity contribution in [3.63, 3.8) is 0 Å². The standard InChI is InChI=1S/C32H36ClNO13/c1-16(35)42-15-25-29(43-17(2)36)30(44-18(3)37)31(45-19(4)38)32(47-25)46-24-12-23-28(22-9-6-5-8-21(22)24)20(13-33)14-34(23)26(39)10-7-11-27(40)41/h5-6,8-9,12,20,25,29-32H,7,10-11,13-15H2,1-4H3,(H,40,41)/t20-,25?,29?,30?,31?,32?/m1/s1. The average Bonchev–Trinajstić information content (AvgIpc) is 3.37. The summed E-state index contributed by atoms with van der Waals surface area (Å²) in [4.78, 5) is 74.3. The molecular formula is C32H36ClNO13. The molecule has 2 aliphatic rings. The fourth-order valence-corrected chi connectivity index (χ4v) is 6.06. The lowest BCUT2D eigenvalue weighted by Crippen LogP contribution is -2.63. The number of ether oxygens (including phenoxy) is 6. The van der Waals surface area contributed by atoms with Crippen molar-refractivity contribution in [1.29, 1.82) is 0 Å². The Morgan fingerprint density at radius 3 is 2.09 bits per heavy atom. The lowest BCUT2D eigenvalue weighted by molar-refractivity contribution is -0.288. The maximum atomic E-state index is 13.3. The SMILES string of the molecule is CC(=O)OCC1OC(Oc2cc3c(c4ccccc24)[C@H](CCl)CN3C(=O)CCCC(=O)O)C(OC(C)=O)C(OC(C)=O)C1OC(C)=O. The van der Waals surface area contributed by atoms with Crippen LogP contribution in [-0.2, 0) is 52.5 Å². The number of aliphatic carboxylic acids is 1. The minimum absolute atomic E-state index is 0.0105. The number of rotatable bonds is 12. The Balaban J connectivity index is 1.81. The van der Waals surface area contributed by atoms with Crippen molar-refractivity contribution < 1.29 is 62.3 Å². The van der Waals surface area contributed by atoms with Crippen LogP contribution in [0, 0.1) is 0 Å². The van der Waals surface area contributed by atoms with Crippen LogP contribution in [0.4, 0.5) is 5.69 Å². The van der Waals surface area contributed by atoms with Gasteiger partial charge in [-0.2, -0.15) is 0 Å². The van der Waals surface area contributed by atoms with Gasteiger partial charge in [0.05, 0.1) is 5.69 Å². The lowest BCUT2D eigenvalue weighted by atomic mass is 9.95. The third-order valence-electron chi connectivity index (χ3n) is 7.59. The van der Waals surface area contributed by atoms with E-state index in [1.165, 1.54) is 11.8 Å². The first-order chi connectivity index (χ1) is 22.3. The van der Waals surface area contributed by atoms with Gasteiger partial charge in [0.1, 0.15) is 18.5 Å². The van der Waals surface area contributed by atoms with E-state index in [0.717, 1.165) is 31.7 Å². The Morgan fingerprint density at radius 2 is 1.49 bits per heavy atom. The number of alkyl halides is 1. The van der Waals surface area contributed by atoms with Crippen molar-refractivity contribution in [2.75, 3.05) is 23.9 Å². The van der Waals surface area contributed by atoms with Crippen LogP contribution in [0.15, 0.2) is 30.3 Å². The Morgan fingerprint density at radius 1 is 0.872 bits per heavy atom. The molecule has 2 heterocycles. The number of carboxylic acid groups (broad SMARTS) is 1. The van der Waals surface area contributed by atoms with E-state index in [1.54, 1.807) is 18.2 Å². The second-order valence-electron chi connectivity index (χ2n) is 11.1. The number of esters is 4. The zero-order valence-electron chi connectivity index (χ0n) is 26.3. The molecule has 5 unspecified atom stereocenters. The first-order valence-electron chi connectivity index (χ1n) is 14.9. The molecular weight excluding hydrogens is 642 g/mol. The Hall–Kier alpha value is -4.43.